The van der Waals surface area contributed by atoms with Crippen molar-refractivity contribution in [1.29, 1.82) is 0 Å². The molecule has 0 heterocycles. The maximum absolute atomic E-state index is 12.3. The molecule has 0 amide bonds. The summed E-state index contributed by atoms with van der Waals surface area (Å²) in [5.74, 6) is -0.0871. The number of ether oxygens (including phenoxy) is 1. The summed E-state index contributed by atoms with van der Waals surface area (Å²) >= 11 is 0. The van der Waals surface area contributed by atoms with Crippen molar-refractivity contribution in [3.05, 3.63) is 69.8 Å². The lowest BCUT2D eigenvalue weighted by Crippen LogP contribution is -2.09. The van der Waals surface area contributed by atoms with Crippen molar-refractivity contribution in [2.24, 2.45) is 0 Å². The predicted molar refractivity (Wildman–Crippen MR) is 78.7 cm³/mol. The van der Waals surface area contributed by atoms with E-state index in [0.717, 1.165) is 0 Å². The SMILES string of the molecule is CC(C)Oc1cc(C(=O)c2ccccc2)ccc1[N+](=O)[O-]. The summed E-state index contributed by atoms with van der Waals surface area (Å²) in [5.41, 5.74) is 0.748. The predicted octanol–water partition coefficient (Wildman–Crippen LogP) is 3.61. The van der Waals surface area contributed by atoms with Gasteiger partial charge in [0.25, 0.3) is 0 Å². The molecule has 0 saturated carbocycles. The molecule has 0 aromatic heterocycles. The van der Waals surface area contributed by atoms with E-state index in [2.05, 4.69) is 0 Å². The molecule has 0 aliphatic carbocycles. The summed E-state index contributed by atoms with van der Waals surface area (Å²) in [5, 5.41) is 11.0. The fourth-order valence-corrected chi connectivity index (χ4v) is 1.91. The smallest absolute Gasteiger partial charge is 0.310 e. The monoisotopic (exact) mass is 285 g/mol. The van der Waals surface area contributed by atoms with E-state index in [1.54, 1.807) is 38.1 Å². The van der Waals surface area contributed by atoms with E-state index < -0.39 is 4.92 Å². The first kappa shape index (κ1) is 14.7. The van der Waals surface area contributed by atoms with Gasteiger partial charge in [0.2, 0.25) is 0 Å². The molecule has 0 atom stereocenters. The van der Waals surface area contributed by atoms with Crippen molar-refractivity contribution in [3.63, 3.8) is 0 Å². The number of rotatable bonds is 5. The zero-order valence-electron chi connectivity index (χ0n) is 11.8. The second-order valence-electron chi connectivity index (χ2n) is 4.80. The Kier molecular flexibility index (Phi) is 4.33. The van der Waals surface area contributed by atoms with Gasteiger partial charge in [-0.05, 0) is 26.0 Å². The van der Waals surface area contributed by atoms with Crippen molar-refractivity contribution in [1.82, 2.24) is 0 Å². The van der Waals surface area contributed by atoms with Gasteiger partial charge in [-0.3, -0.25) is 14.9 Å². The molecule has 5 heteroatoms. The molecule has 0 aliphatic rings. The Labute approximate surface area is 122 Å². The third-order valence-corrected chi connectivity index (χ3v) is 2.82. The Morgan fingerprint density at radius 3 is 2.33 bits per heavy atom. The number of nitro groups is 1. The quantitative estimate of drug-likeness (QED) is 0.478. The van der Waals surface area contributed by atoms with Crippen LogP contribution in [0.15, 0.2) is 48.5 Å². The van der Waals surface area contributed by atoms with E-state index in [-0.39, 0.29) is 23.3 Å². The van der Waals surface area contributed by atoms with Crippen LogP contribution in [-0.2, 0) is 0 Å². The lowest BCUT2D eigenvalue weighted by atomic mass is 10.0. The van der Waals surface area contributed by atoms with E-state index >= 15 is 0 Å². The van der Waals surface area contributed by atoms with Crippen LogP contribution in [0.2, 0.25) is 0 Å². The molecule has 21 heavy (non-hydrogen) atoms. The molecule has 0 fully saturated rings. The first-order chi connectivity index (χ1) is 9.99. The molecule has 2 aromatic carbocycles. The van der Waals surface area contributed by atoms with Crippen LogP contribution in [0.3, 0.4) is 0 Å². The van der Waals surface area contributed by atoms with E-state index in [4.69, 9.17) is 4.74 Å². The summed E-state index contributed by atoms with van der Waals surface area (Å²) < 4.78 is 5.44. The molecular formula is C16H15NO4. The molecule has 2 aromatic rings. The Morgan fingerprint density at radius 2 is 1.76 bits per heavy atom. The standard InChI is InChI=1S/C16H15NO4/c1-11(2)21-15-10-13(8-9-14(15)17(19)20)16(18)12-6-4-3-5-7-12/h3-11H,1-2H3. The fourth-order valence-electron chi connectivity index (χ4n) is 1.91. The minimum absolute atomic E-state index is 0.108. The summed E-state index contributed by atoms with van der Waals surface area (Å²) in [4.78, 5) is 22.8. The van der Waals surface area contributed by atoms with Crippen molar-refractivity contribution in [2.75, 3.05) is 0 Å². The number of ketones is 1. The van der Waals surface area contributed by atoms with Crippen molar-refractivity contribution < 1.29 is 14.5 Å². The first-order valence-electron chi connectivity index (χ1n) is 6.54. The highest BCUT2D eigenvalue weighted by Gasteiger charge is 2.19. The average Bonchev–Trinajstić information content (AvgIpc) is 2.46. The van der Waals surface area contributed by atoms with E-state index in [1.165, 1.54) is 18.2 Å². The molecule has 0 unspecified atom stereocenters. The Hall–Kier alpha value is -2.69. The number of hydrogen-bond donors (Lipinski definition) is 0. The third kappa shape index (κ3) is 3.45. The average molecular weight is 285 g/mol. The topological polar surface area (TPSA) is 69.4 Å². The van der Waals surface area contributed by atoms with Crippen LogP contribution >= 0.6 is 0 Å². The Balaban J connectivity index is 2.42. The highest BCUT2D eigenvalue weighted by Crippen LogP contribution is 2.29. The minimum atomic E-state index is -0.519. The van der Waals surface area contributed by atoms with E-state index in [0.29, 0.717) is 11.1 Å². The van der Waals surface area contributed by atoms with Gasteiger partial charge >= 0.3 is 5.69 Å². The van der Waals surface area contributed by atoms with E-state index in [9.17, 15) is 14.9 Å². The lowest BCUT2D eigenvalue weighted by molar-refractivity contribution is -0.386. The van der Waals surface area contributed by atoms with Crippen molar-refractivity contribution in [3.8, 4) is 5.75 Å². The third-order valence-electron chi connectivity index (χ3n) is 2.82. The second kappa shape index (κ2) is 6.17. The number of nitrogens with zero attached hydrogens (tertiary/aromatic N) is 1. The summed E-state index contributed by atoms with van der Waals surface area (Å²) in [6.45, 7) is 3.55. The van der Waals surface area contributed by atoms with Crippen LogP contribution in [0.25, 0.3) is 0 Å². The van der Waals surface area contributed by atoms with Gasteiger partial charge in [0.1, 0.15) is 0 Å². The molecule has 0 saturated heterocycles. The normalized spacial score (nSPS) is 10.4. The van der Waals surface area contributed by atoms with Crippen LogP contribution in [0.5, 0.6) is 5.75 Å². The maximum atomic E-state index is 12.3. The van der Waals surface area contributed by atoms with Crippen LogP contribution in [0.4, 0.5) is 5.69 Å². The Morgan fingerprint density at radius 1 is 1.10 bits per heavy atom. The molecular weight excluding hydrogens is 270 g/mol. The van der Waals surface area contributed by atoms with Gasteiger partial charge in [-0.15, -0.1) is 0 Å². The maximum Gasteiger partial charge on any atom is 0.310 e. The first-order valence-corrected chi connectivity index (χ1v) is 6.54. The number of carbonyl (C=O) groups excluding carboxylic acids is 1. The van der Waals surface area contributed by atoms with Gasteiger partial charge in [-0.25, -0.2) is 0 Å². The van der Waals surface area contributed by atoms with Crippen molar-refractivity contribution >= 4 is 11.5 Å². The zero-order chi connectivity index (χ0) is 15.4. The van der Waals surface area contributed by atoms with Crippen LogP contribution in [0.1, 0.15) is 29.8 Å². The summed E-state index contributed by atoms with van der Waals surface area (Å²) in [7, 11) is 0. The zero-order valence-corrected chi connectivity index (χ0v) is 11.8. The number of nitro benzene ring substituents is 1. The highest BCUT2D eigenvalue weighted by atomic mass is 16.6. The summed E-state index contributed by atoms with van der Waals surface area (Å²) in [6.07, 6.45) is -0.217. The van der Waals surface area contributed by atoms with Gasteiger partial charge in [0.15, 0.2) is 11.5 Å². The van der Waals surface area contributed by atoms with Crippen LogP contribution in [0, 0.1) is 10.1 Å². The van der Waals surface area contributed by atoms with Crippen LogP contribution < -0.4 is 4.74 Å². The number of carbonyl (C=O) groups is 1. The molecule has 0 spiro atoms. The molecule has 0 bridgehead atoms. The van der Waals surface area contributed by atoms with Crippen LogP contribution in [-0.4, -0.2) is 16.8 Å². The van der Waals surface area contributed by atoms with Gasteiger partial charge in [0, 0.05) is 17.2 Å². The minimum Gasteiger partial charge on any atom is -0.484 e. The van der Waals surface area contributed by atoms with Gasteiger partial charge in [0.05, 0.1) is 11.0 Å². The molecule has 108 valence electrons. The molecule has 0 radical (unpaired) electrons. The molecule has 0 aliphatic heterocycles. The molecule has 5 nitrogen and oxygen atoms in total. The second-order valence-corrected chi connectivity index (χ2v) is 4.80. The number of hydrogen-bond acceptors (Lipinski definition) is 4. The van der Waals surface area contributed by atoms with Gasteiger partial charge in [-0.1, -0.05) is 30.3 Å². The van der Waals surface area contributed by atoms with E-state index in [1.807, 2.05) is 6.07 Å². The van der Waals surface area contributed by atoms with Gasteiger partial charge in [-0.2, -0.15) is 0 Å². The molecule has 0 N–H and O–H groups in total. The van der Waals surface area contributed by atoms with Crippen molar-refractivity contribution in [2.45, 2.75) is 20.0 Å². The fraction of sp³-hybridized carbons (Fsp3) is 0.188. The molecule has 2 rings (SSSR count). The van der Waals surface area contributed by atoms with Gasteiger partial charge < -0.3 is 4.74 Å². The number of benzene rings is 2. The highest BCUT2D eigenvalue weighted by molar-refractivity contribution is 6.09. The largest absolute Gasteiger partial charge is 0.484 e. The summed E-state index contributed by atoms with van der Waals surface area (Å²) in [6, 6.07) is 12.9. The lowest BCUT2D eigenvalue weighted by Gasteiger charge is -2.11. The Bertz CT molecular complexity index is 665.